The van der Waals surface area contributed by atoms with Gasteiger partial charge in [-0.25, -0.2) is 8.78 Å². The number of anilines is 2. The first kappa shape index (κ1) is 34.2. The van der Waals surface area contributed by atoms with Gasteiger partial charge in [-0.3, -0.25) is 9.98 Å². The number of ether oxygens (including phenoxy) is 1. The second-order valence-electron chi connectivity index (χ2n) is 10.9. The minimum atomic E-state index is -0.642. The molecule has 0 unspecified atom stereocenters. The molecule has 0 radical (unpaired) electrons. The van der Waals surface area contributed by atoms with Gasteiger partial charge in [0.1, 0.15) is 17.4 Å². The van der Waals surface area contributed by atoms with E-state index in [2.05, 4.69) is 62.4 Å². The Hall–Kier alpha value is -4.26. The number of aromatic nitrogens is 1. The Labute approximate surface area is 261 Å². The summed E-state index contributed by atoms with van der Waals surface area (Å²) in [6.07, 6.45) is 10.6. The molecule has 0 atom stereocenters. The van der Waals surface area contributed by atoms with E-state index in [9.17, 15) is 8.78 Å². The molecule has 0 bridgehead atoms. The lowest BCUT2D eigenvalue weighted by molar-refractivity contribution is 0.335. The van der Waals surface area contributed by atoms with Gasteiger partial charge in [0.2, 0.25) is 0 Å². The molecule has 0 fully saturated rings. The lowest BCUT2D eigenvalue weighted by Gasteiger charge is -2.18. The molecule has 3 rings (SSSR count). The van der Waals surface area contributed by atoms with Gasteiger partial charge < -0.3 is 15.4 Å². The molecule has 0 spiro atoms. The third kappa shape index (κ3) is 9.63. The van der Waals surface area contributed by atoms with E-state index in [1.807, 2.05) is 43.3 Å². The zero-order valence-corrected chi connectivity index (χ0v) is 27.1. The number of nitrogens with one attached hydrogen (secondary N) is 2. The van der Waals surface area contributed by atoms with Crippen molar-refractivity contribution in [3.63, 3.8) is 0 Å². The third-order valence-corrected chi connectivity index (χ3v) is 7.26. The lowest BCUT2D eigenvalue weighted by Crippen LogP contribution is -2.09. The number of halogens is 2. The van der Waals surface area contributed by atoms with E-state index in [1.54, 1.807) is 19.3 Å². The SMILES string of the molecule is CCCC=C(C(C)=N/C(=C\C(Nc1ccncc1)=C(\C)CC)C(C)C)c1ccccc1NCc1c(F)cc(OCC)cc1F. The van der Waals surface area contributed by atoms with Crippen LogP contribution in [0.3, 0.4) is 0 Å². The first-order valence-electron chi connectivity index (χ1n) is 15.5. The molecular formula is C37H46F2N4O. The topological polar surface area (TPSA) is 58.5 Å². The highest BCUT2D eigenvalue weighted by atomic mass is 19.1. The first-order valence-corrected chi connectivity index (χ1v) is 15.5. The number of allylic oxidation sites excluding steroid dienone is 5. The third-order valence-electron chi connectivity index (χ3n) is 7.26. The van der Waals surface area contributed by atoms with Crippen LogP contribution in [0.4, 0.5) is 20.2 Å². The Morgan fingerprint density at radius 3 is 2.30 bits per heavy atom. The number of para-hydroxylation sites is 1. The molecule has 0 amide bonds. The standard InChI is InChI=1S/C37H46F2N4O/c1-8-11-14-30(27(7)42-36(25(4)5)23-37(26(6)9-2)43-28-17-19-40-20-18-28)31-15-12-13-16-35(31)41-24-32-33(38)21-29(44-10-3)22-34(32)39/h12-23,25,41H,8-11,24H2,1-7H3,(H,40,43)/b30-14?,36-23-,37-26+,42-27?. The first-order chi connectivity index (χ1) is 21.2. The Kier molecular flexibility index (Phi) is 13.3. The van der Waals surface area contributed by atoms with Gasteiger partial charge in [0.15, 0.2) is 0 Å². The van der Waals surface area contributed by atoms with Crippen molar-refractivity contribution in [3.05, 3.63) is 113 Å². The van der Waals surface area contributed by atoms with Crippen molar-refractivity contribution in [2.45, 2.75) is 74.3 Å². The molecule has 1 heterocycles. The molecule has 0 aliphatic heterocycles. The lowest BCUT2D eigenvalue weighted by atomic mass is 9.97. The smallest absolute Gasteiger partial charge is 0.134 e. The van der Waals surface area contributed by atoms with Crippen LogP contribution in [0.2, 0.25) is 0 Å². The predicted octanol–water partition coefficient (Wildman–Crippen LogP) is 10.4. The molecule has 44 heavy (non-hydrogen) atoms. The summed E-state index contributed by atoms with van der Waals surface area (Å²) in [5, 5.41) is 6.82. The number of nitrogens with zero attached hydrogens (tertiary/aromatic N) is 2. The largest absolute Gasteiger partial charge is 0.494 e. The molecular weight excluding hydrogens is 554 g/mol. The zero-order chi connectivity index (χ0) is 32.1. The van der Waals surface area contributed by atoms with Crippen molar-refractivity contribution >= 4 is 22.7 Å². The maximum Gasteiger partial charge on any atom is 0.134 e. The van der Waals surface area contributed by atoms with Gasteiger partial charge in [-0.15, -0.1) is 0 Å². The van der Waals surface area contributed by atoms with Gasteiger partial charge in [0.05, 0.1) is 6.61 Å². The number of aliphatic imine (C=N–C) groups is 1. The van der Waals surface area contributed by atoms with Gasteiger partial charge in [-0.1, -0.05) is 64.0 Å². The Bertz CT molecular complexity index is 1480. The minimum absolute atomic E-state index is 0.0133. The average molecular weight is 601 g/mol. The molecule has 3 aromatic rings. The van der Waals surface area contributed by atoms with Crippen molar-refractivity contribution < 1.29 is 13.5 Å². The fraction of sp³-hybridized carbons (Fsp3) is 0.351. The normalized spacial score (nSPS) is 13.2. The van der Waals surface area contributed by atoms with Gasteiger partial charge >= 0.3 is 0 Å². The Morgan fingerprint density at radius 2 is 1.68 bits per heavy atom. The summed E-state index contributed by atoms with van der Waals surface area (Å²) in [7, 11) is 0. The van der Waals surface area contributed by atoms with Crippen LogP contribution >= 0.6 is 0 Å². The van der Waals surface area contributed by atoms with E-state index in [1.165, 1.54) is 17.7 Å². The van der Waals surface area contributed by atoms with Crippen LogP contribution in [0.25, 0.3) is 5.57 Å². The molecule has 0 saturated carbocycles. The van der Waals surface area contributed by atoms with E-state index in [4.69, 9.17) is 9.73 Å². The number of hydrogen-bond donors (Lipinski definition) is 2. The summed E-state index contributed by atoms with van der Waals surface area (Å²) in [5.74, 6) is -0.942. The molecule has 0 aliphatic rings. The van der Waals surface area contributed by atoms with Crippen molar-refractivity contribution in [1.82, 2.24) is 4.98 Å². The molecule has 7 heteroatoms. The summed E-state index contributed by atoms with van der Waals surface area (Å²) in [4.78, 5) is 9.31. The Morgan fingerprint density at radius 1 is 1.00 bits per heavy atom. The van der Waals surface area contributed by atoms with Crippen molar-refractivity contribution in [3.8, 4) is 5.75 Å². The monoisotopic (exact) mass is 600 g/mol. The van der Waals surface area contributed by atoms with Gasteiger partial charge in [-0.2, -0.15) is 0 Å². The van der Waals surface area contributed by atoms with Crippen molar-refractivity contribution in [2.24, 2.45) is 10.9 Å². The van der Waals surface area contributed by atoms with Crippen LogP contribution in [-0.4, -0.2) is 17.3 Å². The Balaban J connectivity index is 2.00. The molecule has 2 N–H and O–H groups in total. The highest BCUT2D eigenvalue weighted by molar-refractivity contribution is 6.24. The average Bonchev–Trinajstić information content (AvgIpc) is 3.00. The maximum absolute atomic E-state index is 14.8. The second-order valence-corrected chi connectivity index (χ2v) is 10.9. The summed E-state index contributed by atoms with van der Waals surface area (Å²) in [6.45, 7) is 14.8. The van der Waals surface area contributed by atoms with Crippen LogP contribution in [-0.2, 0) is 6.54 Å². The number of hydrogen-bond acceptors (Lipinski definition) is 5. The number of rotatable bonds is 15. The number of pyridine rings is 1. The highest BCUT2D eigenvalue weighted by Gasteiger charge is 2.16. The van der Waals surface area contributed by atoms with Crippen LogP contribution in [0.5, 0.6) is 5.75 Å². The minimum Gasteiger partial charge on any atom is -0.494 e. The van der Waals surface area contributed by atoms with Crippen LogP contribution in [0.1, 0.15) is 78.9 Å². The van der Waals surface area contributed by atoms with E-state index >= 15 is 0 Å². The van der Waals surface area contributed by atoms with E-state index in [-0.39, 0.29) is 23.8 Å². The van der Waals surface area contributed by atoms with Gasteiger partial charge in [0.25, 0.3) is 0 Å². The highest BCUT2D eigenvalue weighted by Crippen LogP contribution is 2.30. The fourth-order valence-electron chi connectivity index (χ4n) is 4.57. The van der Waals surface area contributed by atoms with E-state index in [0.29, 0.717) is 6.61 Å². The van der Waals surface area contributed by atoms with Crippen molar-refractivity contribution in [1.29, 1.82) is 0 Å². The van der Waals surface area contributed by atoms with Gasteiger partial charge in [-0.05, 0) is 63.8 Å². The summed E-state index contributed by atoms with van der Waals surface area (Å²) < 4.78 is 34.9. The van der Waals surface area contributed by atoms with Crippen LogP contribution in [0, 0.1) is 17.6 Å². The summed E-state index contributed by atoms with van der Waals surface area (Å²) in [5.41, 5.74) is 7.64. The fourth-order valence-corrected chi connectivity index (χ4v) is 4.57. The predicted molar refractivity (Wildman–Crippen MR) is 181 cm³/mol. The van der Waals surface area contributed by atoms with Gasteiger partial charge in [0, 0.05) is 76.3 Å². The summed E-state index contributed by atoms with van der Waals surface area (Å²) >= 11 is 0. The quantitative estimate of drug-likeness (QED) is 0.135. The van der Waals surface area contributed by atoms with E-state index < -0.39 is 11.6 Å². The summed E-state index contributed by atoms with van der Waals surface area (Å²) in [6, 6.07) is 14.2. The zero-order valence-electron chi connectivity index (χ0n) is 27.1. The van der Waals surface area contributed by atoms with Crippen LogP contribution in [0.15, 0.2) is 95.0 Å². The number of unbranched alkanes of at least 4 members (excludes halogenated alkanes) is 1. The molecule has 0 aliphatic carbocycles. The van der Waals surface area contributed by atoms with E-state index in [0.717, 1.165) is 58.9 Å². The molecule has 2 aromatic carbocycles. The number of benzene rings is 2. The molecule has 0 saturated heterocycles. The van der Waals surface area contributed by atoms with Crippen molar-refractivity contribution in [2.75, 3.05) is 17.2 Å². The molecule has 5 nitrogen and oxygen atoms in total. The second kappa shape index (κ2) is 17.1. The maximum atomic E-state index is 14.8. The molecule has 1 aromatic heterocycles. The van der Waals surface area contributed by atoms with Crippen LogP contribution < -0.4 is 15.4 Å². The molecule has 234 valence electrons.